The number of nitrogens with one attached hydrogen (secondary N) is 2. The van der Waals surface area contributed by atoms with Gasteiger partial charge in [0.15, 0.2) is 17.5 Å². The molecule has 36 heavy (non-hydrogen) atoms. The third kappa shape index (κ3) is 5.87. The van der Waals surface area contributed by atoms with Crippen molar-refractivity contribution in [3.63, 3.8) is 0 Å². The molecule has 0 radical (unpaired) electrons. The van der Waals surface area contributed by atoms with Crippen molar-refractivity contribution < 1.29 is 26.6 Å². The van der Waals surface area contributed by atoms with E-state index < -0.39 is 57.8 Å². The summed E-state index contributed by atoms with van der Waals surface area (Å²) >= 11 is 0. The average Bonchev–Trinajstić information content (AvgIpc) is 2.83. The highest BCUT2D eigenvalue weighted by molar-refractivity contribution is 7.87. The van der Waals surface area contributed by atoms with Gasteiger partial charge in [-0.2, -0.15) is 0 Å². The van der Waals surface area contributed by atoms with Gasteiger partial charge in [0.1, 0.15) is 16.8 Å². The summed E-state index contributed by atoms with van der Waals surface area (Å²) in [5.41, 5.74) is 4.40. The third-order valence-corrected chi connectivity index (χ3v) is 7.51. The molecule has 4 N–H and O–H groups in total. The molecule has 0 saturated carbocycles. The van der Waals surface area contributed by atoms with Crippen LogP contribution in [0.25, 0.3) is 0 Å². The largest absolute Gasteiger partial charge is 0.366 e. The molecule has 10 heteroatoms. The molecule has 3 aromatic rings. The molecule has 0 saturated heterocycles. The van der Waals surface area contributed by atoms with E-state index >= 15 is 13.2 Å². The molecule has 0 aliphatic carbocycles. The zero-order valence-electron chi connectivity index (χ0n) is 20.1. The fraction of sp³-hybridized carbons (Fsp3) is 0.269. The second kappa shape index (κ2) is 11.6. The van der Waals surface area contributed by atoms with Gasteiger partial charge in [-0.3, -0.25) is 4.79 Å². The molecule has 0 bridgehead atoms. The number of carbonyl (C=O) groups is 1. The minimum Gasteiger partial charge on any atom is -0.366 e. The van der Waals surface area contributed by atoms with Crippen molar-refractivity contribution in [1.82, 2.24) is 0 Å². The first kappa shape index (κ1) is 27.2. The van der Waals surface area contributed by atoms with Crippen LogP contribution in [0.3, 0.4) is 0 Å². The second-order valence-corrected chi connectivity index (χ2v) is 9.82. The van der Waals surface area contributed by atoms with Crippen LogP contribution in [0.5, 0.6) is 0 Å². The first-order valence-electron chi connectivity index (χ1n) is 11.4. The van der Waals surface area contributed by atoms with Crippen molar-refractivity contribution in [2.24, 2.45) is 5.73 Å². The Morgan fingerprint density at radius 1 is 0.944 bits per heavy atom. The predicted molar refractivity (Wildman–Crippen MR) is 135 cm³/mol. The number of primary amides is 1. The van der Waals surface area contributed by atoms with E-state index in [0.717, 1.165) is 6.07 Å². The highest BCUT2D eigenvalue weighted by Gasteiger charge is 2.24. The highest BCUT2D eigenvalue weighted by atomic mass is 32.2. The number of carbonyl (C=O) groups excluding carboxylic acids is 1. The lowest BCUT2D eigenvalue weighted by atomic mass is 9.99. The fourth-order valence-electron chi connectivity index (χ4n) is 3.76. The van der Waals surface area contributed by atoms with Gasteiger partial charge >= 0.3 is 0 Å². The molecule has 5 nitrogen and oxygen atoms in total. The summed E-state index contributed by atoms with van der Waals surface area (Å²) < 4.78 is 74.7. The first-order valence-corrected chi connectivity index (χ1v) is 12.6. The van der Waals surface area contributed by atoms with Crippen LogP contribution in [0.1, 0.15) is 53.7 Å². The standard InChI is InChI=1S/C26H27F4N3O2S/c1-4-17(5-2)36(35)33-21-8-6-7-15(22(21)28)12-16-13-18(26(31)34)25(24(30)23(16)29)32-20-10-9-14(3)11-19(20)27/h6-11,13,17,32-33H,4-5,12H2,1-3H3,(H2,31,34). The fourth-order valence-corrected chi connectivity index (χ4v) is 4.91. The molecule has 1 atom stereocenters. The van der Waals surface area contributed by atoms with Gasteiger partial charge in [0.2, 0.25) is 0 Å². The number of rotatable bonds is 10. The molecular weight excluding hydrogens is 494 g/mol. The lowest BCUT2D eigenvalue weighted by Gasteiger charge is -2.17. The van der Waals surface area contributed by atoms with E-state index in [2.05, 4.69) is 10.0 Å². The Hall–Kier alpha value is -3.40. The quantitative estimate of drug-likeness (QED) is 0.276. The lowest BCUT2D eigenvalue weighted by molar-refractivity contribution is 0.100. The molecule has 0 fully saturated rings. The number of aryl methyl sites for hydroxylation is 1. The van der Waals surface area contributed by atoms with Crippen molar-refractivity contribution in [2.45, 2.75) is 45.3 Å². The molecule has 0 spiro atoms. The lowest BCUT2D eigenvalue weighted by Crippen LogP contribution is -2.20. The van der Waals surface area contributed by atoms with Crippen LogP contribution in [-0.2, 0) is 17.4 Å². The Kier molecular flexibility index (Phi) is 8.73. The van der Waals surface area contributed by atoms with Crippen LogP contribution in [0, 0.1) is 30.2 Å². The van der Waals surface area contributed by atoms with Crippen LogP contribution in [0.15, 0.2) is 42.5 Å². The van der Waals surface area contributed by atoms with Gasteiger partial charge in [-0.1, -0.05) is 32.0 Å². The molecule has 1 unspecified atom stereocenters. The van der Waals surface area contributed by atoms with Crippen molar-refractivity contribution >= 4 is 34.0 Å². The molecule has 0 aromatic heterocycles. The zero-order valence-corrected chi connectivity index (χ0v) is 20.9. The molecule has 0 heterocycles. The highest BCUT2D eigenvalue weighted by Crippen LogP contribution is 2.32. The maximum atomic E-state index is 15.2. The van der Waals surface area contributed by atoms with Crippen molar-refractivity contribution in [2.75, 3.05) is 10.0 Å². The van der Waals surface area contributed by atoms with E-state index in [1.54, 1.807) is 13.0 Å². The van der Waals surface area contributed by atoms with Gasteiger partial charge in [-0.15, -0.1) is 0 Å². The number of nitrogens with two attached hydrogens (primary N) is 1. The van der Waals surface area contributed by atoms with Crippen LogP contribution < -0.4 is 15.8 Å². The van der Waals surface area contributed by atoms with E-state index in [9.17, 15) is 13.4 Å². The Morgan fingerprint density at radius 3 is 2.25 bits per heavy atom. The summed E-state index contributed by atoms with van der Waals surface area (Å²) in [7, 11) is -1.54. The predicted octanol–water partition coefficient (Wildman–Crippen LogP) is 6.25. The first-order chi connectivity index (χ1) is 17.1. The Balaban J connectivity index is 1.98. The molecule has 3 aromatic carbocycles. The van der Waals surface area contributed by atoms with Crippen molar-refractivity contribution in [3.8, 4) is 0 Å². The number of benzene rings is 3. The van der Waals surface area contributed by atoms with Crippen LogP contribution in [0.4, 0.5) is 34.6 Å². The molecule has 1 amide bonds. The van der Waals surface area contributed by atoms with E-state index in [1.807, 2.05) is 13.8 Å². The van der Waals surface area contributed by atoms with Crippen LogP contribution in [0.2, 0.25) is 0 Å². The number of anilines is 3. The van der Waals surface area contributed by atoms with E-state index in [-0.39, 0.29) is 27.8 Å². The van der Waals surface area contributed by atoms with Gasteiger partial charge in [0.25, 0.3) is 5.91 Å². The van der Waals surface area contributed by atoms with Crippen LogP contribution >= 0.6 is 0 Å². The summed E-state index contributed by atoms with van der Waals surface area (Å²) in [4.78, 5) is 12.1. The monoisotopic (exact) mass is 521 g/mol. The topological polar surface area (TPSA) is 84.2 Å². The number of hydrogen-bond donors (Lipinski definition) is 3. The maximum absolute atomic E-state index is 15.2. The third-order valence-electron chi connectivity index (χ3n) is 5.82. The second-order valence-electron chi connectivity index (χ2n) is 8.35. The Bertz CT molecular complexity index is 1310. The average molecular weight is 522 g/mol. The summed E-state index contributed by atoms with van der Waals surface area (Å²) in [6.45, 7) is 5.41. The number of amides is 1. The zero-order chi connectivity index (χ0) is 26.6. The van der Waals surface area contributed by atoms with Gasteiger partial charge in [-0.25, -0.2) is 21.8 Å². The van der Waals surface area contributed by atoms with Gasteiger partial charge in [0.05, 0.1) is 27.9 Å². The summed E-state index contributed by atoms with van der Waals surface area (Å²) in [5, 5.41) is 2.22. The van der Waals surface area contributed by atoms with Gasteiger partial charge in [-0.05, 0) is 60.7 Å². The molecule has 192 valence electrons. The number of halogens is 4. The Labute approximate surface area is 209 Å². The molecule has 0 aliphatic rings. The molecule has 0 aliphatic heterocycles. The van der Waals surface area contributed by atoms with Gasteiger partial charge in [0, 0.05) is 6.42 Å². The van der Waals surface area contributed by atoms with E-state index in [4.69, 9.17) is 5.73 Å². The number of hydrogen-bond acceptors (Lipinski definition) is 3. The van der Waals surface area contributed by atoms with Crippen molar-refractivity contribution in [3.05, 3.63) is 88.0 Å². The Morgan fingerprint density at radius 2 is 1.64 bits per heavy atom. The van der Waals surface area contributed by atoms with Crippen LogP contribution in [-0.4, -0.2) is 15.4 Å². The minimum absolute atomic E-state index is 0.0134. The minimum atomic E-state index is -1.54. The molecular formula is C26H27F4N3O2S. The molecule has 3 rings (SSSR count). The normalized spacial score (nSPS) is 12.0. The smallest absolute Gasteiger partial charge is 0.250 e. The van der Waals surface area contributed by atoms with Crippen molar-refractivity contribution in [1.29, 1.82) is 0 Å². The summed E-state index contributed by atoms with van der Waals surface area (Å²) in [5.74, 6) is -5.38. The summed E-state index contributed by atoms with van der Waals surface area (Å²) in [6, 6.07) is 9.33. The summed E-state index contributed by atoms with van der Waals surface area (Å²) in [6.07, 6.45) is 0.844. The van der Waals surface area contributed by atoms with Gasteiger partial charge < -0.3 is 15.8 Å². The maximum Gasteiger partial charge on any atom is 0.250 e. The SMILES string of the molecule is CCC(CC)S(=O)Nc1cccc(Cc2cc(C(N)=O)c(Nc3ccc(C)cc3F)c(F)c2F)c1F. The van der Waals surface area contributed by atoms with E-state index in [1.165, 1.54) is 30.3 Å². The van der Waals surface area contributed by atoms with E-state index in [0.29, 0.717) is 18.4 Å².